The highest BCUT2D eigenvalue weighted by Gasteiger charge is 2.59. The molecule has 18 N–H and O–H groups in total. The lowest BCUT2D eigenvalue weighted by atomic mass is 9.88. The smallest absolute Gasteiger partial charge is 0.364 e. The largest absolute Gasteiger partial charge is 0.477 e. The summed E-state index contributed by atoms with van der Waals surface area (Å²) in [6, 6.07) is -4.19. The summed E-state index contributed by atoms with van der Waals surface area (Å²) < 4.78 is 38.6. The minimum absolute atomic E-state index is 0.0500. The Balaban J connectivity index is 1.14. The maximum absolute atomic E-state index is 12.7. The number of ether oxygens (including phenoxy) is 6. The average Bonchev–Trinajstić information content (AvgIpc) is 0.968. The van der Waals surface area contributed by atoms with Crippen LogP contribution >= 0.6 is 0 Å². The van der Waals surface area contributed by atoms with Crippen LogP contribution in [0.15, 0.2) is 18.6 Å². The lowest BCUT2D eigenvalue weighted by Crippen LogP contribution is -2.68. The fourth-order valence-corrected chi connectivity index (χ4v) is 10.8. The van der Waals surface area contributed by atoms with Gasteiger partial charge in [-0.1, -0.05) is 36.4 Å². The van der Waals surface area contributed by atoms with Gasteiger partial charge in [0.1, 0.15) is 54.9 Å². The van der Waals surface area contributed by atoms with E-state index in [1.165, 1.54) is 34.8 Å². The summed E-state index contributed by atoms with van der Waals surface area (Å²) in [5.41, 5.74) is 1.16. The van der Waals surface area contributed by atoms with Crippen molar-refractivity contribution in [3.8, 4) is 0 Å². The number of hydrogen-bond donors (Lipinski definition) is 18. The van der Waals surface area contributed by atoms with Crippen LogP contribution < -0.4 is 16.0 Å². The molecule has 0 aliphatic carbocycles. The number of carboxylic acid groups (broad SMARTS) is 3. The third-order valence-electron chi connectivity index (χ3n) is 15.9. The number of amides is 3. The first-order chi connectivity index (χ1) is 44.6. The zero-order valence-electron chi connectivity index (χ0n) is 51.8. The number of carbonyl (C=O) groups is 6. The van der Waals surface area contributed by atoms with E-state index in [9.17, 15) is 105 Å². The number of carboxylic acids is 3. The quantitative estimate of drug-likeness (QED) is 0.0236. The molecule has 3 aromatic rings. The molecule has 3 amide bonds. The molecule has 0 spiro atoms. The maximum atomic E-state index is 12.7. The lowest BCUT2D eigenvalue weighted by Gasteiger charge is -2.46. The van der Waals surface area contributed by atoms with Gasteiger partial charge in [0, 0.05) is 96.4 Å². The summed E-state index contributed by atoms with van der Waals surface area (Å²) >= 11 is 0. The van der Waals surface area contributed by atoms with Crippen LogP contribution in [0.3, 0.4) is 0 Å². The Labute approximate surface area is 535 Å². The Morgan fingerprint density at radius 2 is 0.755 bits per heavy atom. The number of rotatable bonds is 39. The summed E-state index contributed by atoms with van der Waals surface area (Å²) in [6.07, 6.45) is -19.0. The fourth-order valence-electron chi connectivity index (χ4n) is 10.8. The molecule has 3 aliphatic heterocycles. The van der Waals surface area contributed by atoms with Crippen LogP contribution in [0.5, 0.6) is 0 Å². The molecule has 0 bridgehead atoms. The molecule has 3 fully saturated rings. The number of carbonyl (C=O) groups excluding carboxylic acids is 3. The second-order valence-corrected chi connectivity index (χ2v) is 23.0. The number of aliphatic hydroxyl groups is 12. The van der Waals surface area contributed by atoms with Crippen molar-refractivity contribution in [2.24, 2.45) is 0 Å². The van der Waals surface area contributed by atoms with Crippen molar-refractivity contribution in [3.05, 3.63) is 35.7 Å². The molecule has 3 aromatic heterocycles. The van der Waals surface area contributed by atoms with Crippen LogP contribution in [0.25, 0.3) is 0 Å². The van der Waals surface area contributed by atoms with E-state index in [0.29, 0.717) is 17.1 Å². The fraction of sp³-hybridized carbons (Fsp3) is 0.778. The molecule has 0 aromatic carbocycles. The van der Waals surface area contributed by atoms with Gasteiger partial charge in [0.2, 0.25) is 17.7 Å². The van der Waals surface area contributed by atoms with Gasteiger partial charge in [-0.2, -0.15) is 0 Å². The van der Waals surface area contributed by atoms with Crippen LogP contribution in [0, 0.1) is 0 Å². The topological polar surface area (TPSA) is 593 Å². The normalized spacial score (nSPS) is 28.4. The molecule has 530 valence electrons. The van der Waals surface area contributed by atoms with Gasteiger partial charge in [-0.05, 0) is 19.3 Å². The van der Waals surface area contributed by atoms with Crippen LogP contribution in [0.1, 0.15) is 95.6 Å². The SMILES string of the molecule is CCC(=O)N[C@H]1[C@H]([C@H](O)[C@H](O)CO)O[C@@](OCCCn2cc(CN(Cc3cn(CCCO[C@]4(C(=O)O)C[C@H](O)[C@@H](NC(=O)CC)[C@H]([C@H](O)[C@H](O)CO)O4)nn3)Cc3cn(CCCO[C@]4(C(=O)O)C[C@H](O)[C@@H](NC(=O)CC)[C@H]([C@H](O)[C@H](O)CO)O4)nn3)nn2)(C(=O)O)C[C@@H]1O. The van der Waals surface area contributed by atoms with Crippen molar-refractivity contribution in [2.45, 2.75) is 227 Å². The van der Waals surface area contributed by atoms with Crippen LogP contribution in [0.2, 0.25) is 0 Å². The van der Waals surface area contributed by atoms with E-state index >= 15 is 0 Å². The zero-order valence-corrected chi connectivity index (χ0v) is 51.8. The summed E-state index contributed by atoms with van der Waals surface area (Å²) in [4.78, 5) is 76.9. The lowest BCUT2D eigenvalue weighted by molar-refractivity contribution is -0.311. The van der Waals surface area contributed by atoms with E-state index < -0.39 is 183 Å². The molecule has 3 aliphatic rings. The summed E-state index contributed by atoms with van der Waals surface area (Å²) in [6.45, 7) is 1.01. The molecule has 0 unspecified atom stereocenters. The van der Waals surface area contributed by atoms with Crippen molar-refractivity contribution in [2.75, 3.05) is 39.6 Å². The first-order valence-corrected chi connectivity index (χ1v) is 30.5. The van der Waals surface area contributed by atoms with E-state index in [0.717, 1.165) is 0 Å². The molecular formula is C54H87N13O27. The van der Waals surface area contributed by atoms with E-state index in [1.54, 1.807) is 18.6 Å². The van der Waals surface area contributed by atoms with E-state index in [1.807, 2.05) is 4.90 Å². The number of hydrogen-bond acceptors (Lipinski definition) is 31. The average molecular weight is 1350 g/mol. The molecule has 0 saturated carbocycles. The maximum Gasteiger partial charge on any atom is 0.364 e. The van der Waals surface area contributed by atoms with Crippen LogP contribution in [0.4, 0.5) is 0 Å². The third-order valence-corrected chi connectivity index (χ3v) is 15.9. The van der Waals surface area contributed by atoms with Gasteiger partial charge in [-0.3, -0.25) is 33.3 Å². The van der Waals surface area contributed by atoms with Gasteiger partial charge in [0.25, 0.3) is 17.4 Å². The Bertz CT molecular complexity index is 2630. The highest BCUT2D eigenvalue weighted by atomic mass is 16.7. The van der Waals surface area contributed by atoms with Crippen LogP contribution in [-0.4, -0.2) is 310 Å². The first kappa shape index (κ1) is 76.5. The molecule has 6 heterocycles. The van der Waals surface area contributed by atoms with Crippen molar-refractivity contribution in [1.29, 1.82) is 0 Å². The number of nitrogens with one attached hydrogen (secondary N) is 3. The third kappa shape index (κ3) is 19.6. The molecule has 40 nitrogen and oxygen atoms in total. The molecule has 94 heavy (non-hydrogen) atoms. The Morgan fingerprint density at radius 1 is 0.500 bits per heavy atom. The molecule has 6 rings (SSSR count). The standard InChI is InChI=1S/C54H87N13O27/c1-4-37(77)55-40-31(71)16-52(49(83)84,92-46(40)43(80)34(74)25-68)89-13-7-10-65-22-28(58-61-65)19-64(20-29-23-66(62-59-29)11-8-14-90-53(50(85)86)17-32(72)41(56-38(78)5-2)47(93-53)44(81)35(75)26-69)21-30-24-67(63-60-30)12-9-15-91-54(51(87)88)18-33(73)42(57-39(79)6-3)48(94-54)45(82)36(76)27-70/h22-24,31-36,40-48,68-76,80-82H,4-21,25-27H2,1-3H3,(H,55,77)(H,56,78)(H,57,79)(H,83,84)(H,85,86)(H,87,88)/t31-,32-,33-,34+,35+,36+,40+,41+,42+,43+,44+,45+,46+,47+,48+,52+,53+,54+/m0/s1. The van der Waals surface area contributed by atoms with Gasteiger partial charge >= 0.3 is 17.9 Å². The molecular weight excluding hydrogens is 1260 g/mol. The van der Waals surface area contributed by atoms with Gasteiger partial charge in [0.15, 0.2) is 0 Å². The molecule has 18 atom stereocenters. The number of aryl methyl sites for hydroxylation is 3. The van der Waals surface area contributed by atoms with Crippen molar-refractivity contribution < 1.29 is 134 Å². The van der Waals surface area contributed by atoms with Crippen molar-refractivity contribution in [1.82, 2.24) is 65.8 Å². The number of aromatic nitrogens is 9. The number of aliphatic carboxylic acids is 3. The Hall–Kier alpha value is -6.52. The monoisotopic (exact) mass is 1350 g/mol. The van der Waals surface area contributed by atoms with Crippen LogP contribution in [-0.2, 0) is 96.5 Å². The van der Waals surface area contributed by atoms with Gasteiger partial charge in [0.05, 0.1) is 93.2 Å². The predicted octanol–water partition coefficient (Wildman–Crippen LogP) is -8.50. The van der Waals surface area contributed by atoms with E-state index in [2.05, 4.69) is 46.9 Å². The summed E-state index contributed by atoms with van der Waals surface area (Å²) in [5.74, 6) is -14.6. The highest BCUT2D eigenvalue weighted by molar-refractivity contribution is 5.79. The highest BCUT2D eigenvalue weighted by Crippen LogP contribution is 2.37. The zero-order chi connectivity index (χ0) is 69.2. The van der Waals surface area contributed by atoms with Gasteiger partial charge in [-0.15, -0.1) is 15.3 Å². The van der Waals surface area contributed by atoms with Gasteiger partial charge in [-0.25, -0.2) is 14.4 Å². The minimum atomic E-state index is -2.58. The number of aliphatic hydroxyl groups excluding tert-OH is 12. The second-order valence-electron chi connectivity index (χ2n) is 23.0. The predicted molar refractivity (Wildman–Crippen MR) is 306 cm³/mol. The van der Waals surface area contributed by atoms with E-state index in [4.69, 9.17) is 28.4 Å². The number of nitrogens with zero attached hydrogens (tertiary/aromatic N) is 10. The Kier molecular flexibility index (Phi) is 28.4. The summed E-state index contributed by atoms with van der Waals surface area (Å²) in [5, 5.41) is 189. The molecule has 3 saturated heterocycles. The summed E-state index contributed by atoms with van der Waals surface area (Å²) in [7, 11) is 0. The van der Waals surface area contributed by atoms with Crippen molar-refractivity contribution >= 4 is 35.6 Å². The second kappa shape index (κ2) is 34.9. The van der Waals surface area contributed by atoms with E-state index in [-0.39, 0.29) is 97.6 Å². The van der Waals surface area contributed by atoms with Crippen molar-refractivity contribution in [3.63, 3.8) is 0 Å². The Morgan fingerprint density at radius 3 is 0.979 bits per heavy atom. The molecule has 40 heteroatoms. The molecule has 0 radical (unpaired) electrons. The minimum Gasteiger partial charge on any atom is -0.477 e. The van der Waals surface area contributed by atoms with Gasteiger partial charge < -0.3 is 121 Å². The first-order valence-electron chi connectivity index (χ1n) is 30.5.